The molecule has 3 heteroatoms. The van der Waals surface area contributed by atoms with Gasteiger partial charge >= 0.3 is 0 Å². The Labute approximate surface area is 115 Å². The molecule has 0 saturated heterocycles. The van der Waals surface area contributed by atoms with E-state index in [2.05, 4.69) is 70.4 Å². The zero-order valence-electron chi connectivity index (χ0n) is 12.8. The van der Waals surface area contributed by atoms with Crippen LogP contribution in [0.2, 0.25) is 43.8 Å². The maximum absolute atomic E-state index is 6.44. The first-order valence-electron chi connectivity index (χ1n) is 7.06. The minimum Gasteiger partial charge on any atom is -0.547 e. The summed E-state index contributed by atoms with van der Waals surface area (Å²) < 4.78 is 6.44. The highest BCUT2D eigenvalue weighted by Gasteiger charge is 2.34. The summed E-state index contributed by atoms with van der Waals surface area (Å²) in [5.74, 6) is 1.22. The fourth-order valence-corrected chi connectivity index (χ4v) is 5.04. The second-order valence-electron chi connectivity index (χ2n) is 6.37. The van der Waals surface area contributed by atoms with Crippen LogP contribution in [0.15, 0.2) is 36.1 Å². The van der Waals surface area contributed by atoms with Crippen molar-refractivity contribution in [3.63, 3.8) is 0 Å². The first kappa shape index (κ1) is 15.5. The zero-order valence-corrected chi connectivity index (χ0v) is 14.8. The van der Waals surface area contributed by atoms with Crippen molar-refractivity contribution in [1.82, 2.24) is 0 Å². The van der Waals surface area contributed by atoms with Gasteiger partial charge in [-0.15, -0.1) is 0 Å². The fourth-order valence-electron chi connectivity index (χ4n) is 1.94. The summed E-state index contributed by atoms with van der Waals surface area (Å²) in [4.78, 5) is 0. The van der Waals surface area contributed by atoms with Crippen LogP contribution in [0, 0.1) is 0 Å². The maximum atomic E-state index is 6.44. The van der Waals surface area contributed by atoms with Crippen LogP contribution in [0.25, 0.3) is 0 Å². The Bertz CT molecular complexity index is 365. The van der Waals surface area contributed by atoms with E-state index < -0.39 is 16.4 Å². The lowest BCUT2D eigenvalue weighted by molar-refractivity contribution is 0.404. The van der Waals surface area contributed by atoms with Gasteiger partial charge in [-0.2, -0.15) is 0 Å². The number of hydrogen-bond acceptors (Lipinski definition) is 1. The molecule has 1 rings (SSSR count). The van der Waals surface area contributed by atoms with Gasteiger partial charge in [0.15, 0.2) is 0 Å². The molecule has 0 heterocycles. The number of hydrogen-bond donors (Lipinski definition) is 0. The molecule has 0 amide bonds. The topological polar surface area (TPSA) is 9.23 Å². The van der Waals surface area contributed by atoms with Gasteiger partial charge in [-0.05, 0) is 25.2 Å². The second kappa shape index (κ2) is 6.06. The molecule has 0 bridgehead atoms. The third-order valence-electron chi connectivity index (χ3n) is 4.09. The summed E-state index contributed by atoms with van der Waals surface area (Å²) >= 11 is 0. The van der Waals surface area contributed by atoms with E-state index in [1.54, 1.807) is 0 Å². The van der Waals surface area contributed by atoms with Crippen LogP contribution < -0.4 is 0 Å². The van der Waals surface area contributed by atoms with Crippen LogP contribution in [0.1, 0.15) is 13.8 Å². The molecule has 0 N–H and O–H groups in total. The smallest absolute Gasteiger partial charge is 0.244 e. The largest absolute Gasteiger partial charge is 0.547 e. The third-order valence-corrected chi connectivity index (χ3v) is 10.6. The quantitative estimate of drug-likeness (QED) is 0.618. The molecule has 0 aliphatic heterocycles. The Hall–Kier alpha value is -0.546. The van der Waals surface area contributed by atoms with Gasteiger partial charge in [0, 0.05) is 5.54 Å². The molecule has 1 atom stereocenters. The molecule has 0 fully saturated rings. The van der Waals surface area contributed by atoms with Crippen molar-refractivity contribution in [3.05, 3.63) is 36.1 Å². The van der Waals surface area contributed by atoms with Crippen molar-refractivity contribution in [3.8, 4) is 0 Å². The Morgan fingerprint density at radius 1 is 1.00 bits per heavy atom. The van der Waals surface area contributed by atoms with Crippen LogP contribution in [-0.2, 0) is 4.43 Å². The highest BCUT2D eigenvalue weighted by atomic mass is 28.4. The minimum absolute atomic E-state index is 0.524. The number of allylic oxidation sites excluding steroid dienone is 5. The zero-order chi connectivity index (χ0) is 13.8. The van der Waals surface area contributed by atoms with Crippen LogP contribution >= 0.6 is 0 Å². The Morgan fingerprint density at radius 2 is 1.67 bits per heavy atom. The van der Waals surface area contributed by atoms with E-state index in [9.17, 15) is 0 Å². The first-order chi connectivity index (χ1) is 8.32. The average Bonchev–Trinajstić information content (AvgIpc) is 2.54. The molecular weight excluding hydrogens is 252 g/mol. The molecule has 1 nitrogen and oxygen atoms in total. The summed E-state index contributed by atoms with van der Waals surface area (Å²) in [6.07, 6.45) is 11.0. The molecule has 18 heavy (non-hydrogen) atoms. The standard InChI is InChI=1S/C15H28OSi2/c1-7-17(3,4)15-13-11-9-10-12-14(15)16-18(5,6)8-2/h9-13,15H,7-8H2,1-6H3. The molecule has 1 aliphatic rings. The molecule has 0 aromatic rings. The summed E-state index contributed by atoms with van der Waals surface area (Å²) in [5.41, 5.74) is 0.524. The predicted molar refractivity (Wildman–Crippen MR) is 87.1 cm³/mol. The van der Waals surface area contributed by atoms with Crippen LogP contribution in [0.4, 0.5) is 0 Å². The van der Waals surface area contributed by atoms with Gasteiger partial charge in [0.1, 0.15) is 0 Å². The van der Waals surface area contributed by atoms with Crippen molar-refractivity contribution in [2.75, 3.05) is 0 Å². The molecular formula is C15H28OSi2. The summed E-state index contributed by atoms with van der Waals surface area (Å²) in [6.45, 7) is 14.1. The molecule has 1 unspecified atom stereocenters. The molecule has 1 aliphatic carbocycles. The normalized spacial score (nSPS) is 20.6. The van der Waals surface area contributed by atoms with E-state index in [-0.39, 0.29) is 0 Å². The molecule has 0 saturated carbocycles. The van der Waals surface area contributed by atoms with E-state index in [0.29, 0.717) is 5.54 Å². The second-order valence-corrected chi connectivity index (χ2v) is 16.1. The molecule has 0 aromatic heterocycles. The van der Waals surface area contributed by atoms with Gasteiger partial charge in [-0.25, -0.2) is 0 Å². The Balaban J connectivity index is 3.00. The summed E-state index contributed by atoms with van der Waals surface area (Å²) in [7, 11) is -2.82. The highest BCUT2D eigenvalue weighted by molar-refractivity contribution is 6.80. The highest BCUT2D eigenvalue weighted by Crippen LogP contribution is 2.37. The van der Waals surface area contributed by atoms with Crippen molar-refractivity contribution in [1.29, 1.82) is 0 Å². The minimum atomic E-state index is -1.53. The van der Waals surface area contributed by atoms with E-state index in [1.165, 1.54) is 17.8 Å². The molecule has 0 spiro atoms. The van der Waals surface area contributed by atoms with Crippen LogP contribution in [-0.4, -0.2) is 16.4 Å². The number of rotatable bonds is 5. The Morgan fingerprint density at radius 3 is 2.22 bits per heavy atom. The fraction of sp³-hybridized carbons (Fsp3) is 0.600. The van der Waals surface area contributed by atoms with Crippen LogP contribution in [0.3, 0.4) is 0 Å². The third kappa shape index (κ3) is 3.99. The molecule has 102 valence electrons. The lowest BCUT2D eigenvalue weighted by atomic mass is 10.3. The predicted octanol–water partition coefficient (Wildman–Crippen LogP) is 5.34. The Kier molecular flexibility index (Phi) is 5.23. The maximum Gasteiger partial charge on any atom is 0.244 e. The monoisotopic (exact) mass is 280 g/mol. The van der Waals surface area contributed by atoms with E-state index in [1.807, 2.05) is 0 Å². The van der Waals surface area contributed by atoms with Crippen molar-refractivity contribution >= 4 is 16.4 Å². The van der Waals surface area contributed by atoms with E-state index in [4.69, 9.17) is 4.43 Å². The average molecular weight is 281 g/mol. The first-order valence-corrected chi connectivity index (χ1v) is 13.5. The van der Waals surface area contributed by atoms with Crippen LogP contribution in [0.5, 0.6) is 0 Å². The van der Waals surface area contributed by atoms with Gasteiger partial charge in [-0.1, -0.05) is 57.3 Å². The SMILES string of the molecule is CC[Si](C)(C)OC1=CC=CC=CC1[Si](C)(C)CC. The van der Waals surface area contributed by atoms with E-state index >= 15 is 0 Å². The van der Waals surface area contributed by atoms with Gasteiger partial charge < -0.3 is 4.43 Å². The summed E-state index contributed by atoms with van der Waals surface area (Å²) in [5, 5.41) is 0. The molecule has 0 aromatic carbocycles. The van der Waals surface area contributed by atoms with E-state index in [0.717, 1.165) is 0 Å². The van der Waals surface area contributed by atoms with Crippen molar-refractivity contribution in [2.24, 2.45) is 0 Å². The summed E-state index contributed by atoms with van der Waals surface area (Å²) in [6, 6.07) is 2.45. The van der Waals surface area contributed by atoms with Crippen molar-refractivity contribution < 1.29 is 4.43 Å². The van der Waals surface area contributed by atoms with Gasteiger partial charge in [0.25, 0.3) is 0 Å². The lowest BCUT2D eigenvalue weighted by Crippen LogP contribution is -2.36. The van der Waals surface area contributed by atoms with Crippen molar-refractivity contribution in [2.45, 2.75) is 57.7 Å². The van der Waals surface area contributed by atoms with Gasteiger partial charge in [0.05, 0.1) is 13.8 Å². The lowest BCUT2D eigenvalue weighted by Gasteiger charge is -2.35. The van der Waals surface area contributed by atoms with Gasteiger partial charge in [-0.3, -0.25) is 0 Å². The van der Waals surface area contributed by atoms with Gasteiger partial charge in [0.2, 0.25) is 8.32 Å². The molecule has 0 radical (unpaired) electrons.